The molecule has 0 bridgehead atoms. The Kier molecular flexibility index (Phi) is 6.85. The smallest absolute Gasteiger partial charge is 0.342 e. The van der Waals surface area contributed by atoms with E-state index in [1.165, 1.54) is 13.2 Å². The lowest BCUT2D eigenvalue weighted by molar-refractivity contribution is -0.139. The molecule has 0 unspecified atom stereocenters. The molecule has 2 rings (SSSR count). The largest absolute Gasteiger partial charge is 0.493 e. The molecular weight excluding hydrogens is 479 g/mol. The van der Waals surface area contributed by atoms with E-state index in [1.54, 1.807) is 19.1 Å². The van der Waals surface area contributed by atoms with Gasteiger partial charge in [0.1, 0.15) is 4.91 Å². The number of halogens is 1. The Hall–Kier alpha value is -2.28. The average molecular weight is 492 g/mol. The standard InChI is InChI=1S/C15H13IN2O7S/c1-7-17-18-15(25-7)26-11(14(21)22)5-8-3-9(16)13(10(4-8)23-2)24-6-12(19)20/h3-5H,6H2,1-2H3,(H,19,20)(H,21,22)/b11-5-. The van der Waals surface area contributed by atoms with Crippen LogP contribution < -0.4 is 9.47 Å². The van der Waals surface area contributed by atoms with Crippen LogP contribution in [0.5, 0.6) is 11.5 Å². The van der Waals surface area contributed by atoms with Crippen molar-refractivity contribution in [2.24, 2.45) is 0 Å². The average Bonchev–Trinajstić information content (AvgIpc) is 2.97. The van der Waals surface area contributed by atoms with E-state index in [1.807, 2.05) is 22.6 Å². The number of carbonyl (C=O) groups is 2. The van der Waals surface area contributed by atoms with Crippen LogP contribution in [0.2, 0.25) is 0 Å². The molecule has 11 heteroatoms. The summed E-state index contributed by atoms with van der Waals surface area (Å²) in [6.45, 7) is 1.08. The number of hydrogen-bond acceptors (Lipinski definition) is 8. The summed E-state index contributed by atoms with van der Waals surface area (Å²) in [5.41, 5.74) is 0.523. The number of rotatable bonds is 8. The van der Waals surface area contributed by atoms with E-state index >= 15 is 0 Å². The predicted molar refractivity (Wildman–Crippen MR) is 99.3 cm³/mol. The van der Waals surface area contributed by atoms with Crippen LogP contribution in [0, 0.1) is 10.5 Å². The Morgan fingerprint density at radius 1 is 1.35 bits per heavy atom. The number of aliphatic carboxylic acids is 2. The zero-order valence-electron chi connectivity index (χ0n) is 13.6. The van der Waals surface area contributed by atoms with E-state index < -0.39 is 18.5 Å². The first-order valence-corrected chi connectivity index (χ1v) is 8.84. The Morgan fingerprint density at radius 2 is 2.08 bits per heavy atom. The third-order valence-corrected chi connectivity index (χ3v) is 4.46. The third kappa shape index (κ3) is 5.36. The van der Waals surface area contributed by atoms with Crippen molar-refractivity contribution in [3.05, 3.63) is 32.1 Å². The van der Waals surface area contributed by atoms with Crippen molar-refractivity contribution in [1.82, 2.24) is 10.2 Å². The van der Waals surface area contributed by atoms with Gasteiger partial charge in [-0.2, -0.15) is 0 Å². The van der Waals surface area contributed by atoms with Crippen molar-refractivity contribution >= 4 is 52.4 Å². The third-order valence-electron chi connectivity index (χ3n) is 2.81. The van der Waals surface area contributed by atoms with Gasteiger partial charge in [-0.25, -0.2) is 9.59 Å². The summed E-state index contributed by atoms with van der Waals surface area (Å²) < 4.78 is 16.2. The van der Waals surface area contributed by atoms with Crippen molar-refractivity contribution in [2.75, 3.05) is 13.7 Å². The number of aryl methyl sites for hydroxylation is 1. The number of thioether (sulfide) groups is 1. The minimum Gasteiger partial charge on any atom is -0.493 e. The second-order valence-electron chi connectivity index (χ2n) is 4.72. The van der Waals surface area contributed by atoms with Gasteiger partial charge in [-0.3, -0.25) is 0 Å². The second-order valence-corrected chi connectivity index (χ2v) is 6.87. The van der Waals surface area contributed by atoms with Gasteiger partial charge < -0.3 is 24.1 Å². The maximum absolute atomic E-state index is 11.5. The lowest BCUT2D eigenvalue weighted by Gasteiger charge is -2.12. The van der Waals surface area contributed by atoms with Gasteiger partial charge in [0.25, 0.3) is 5.22 Å². The van der Waals surface area contributed by atoms with E-state index in [0.717, 1.165) is 11.8 Å². The van der Waals surface area contributed by atoms with Crippen LogP contribution in [0.3, 0.4) is 0 Å². The molecule has 2 aromatic rings. The van der Waals surface area contributed by atoms with Gasteiger partial charge >= 0.3 is 11.9 Å². The number of carboxylic acids is 2. The lowest BCUT2D eigenvalue weighted by atomic mass is 10.2. The van der Waals surface area contributed by atoms with Gasteiger partial charge in [0, 0.05) is 6.92 Å². The molecule has 1 heterocycles. The number of hydrogen-bond donors (Lipinski definition) is 2. The number of carboxylic acid groups (broad SMARTS) is 2. The van der Waals surface area contributed by atoms with E-state index in [4.69, 9.17) is 19.0 Å². The highest BCUT2D eigenvalue weighted by Crippen LogP contribution is 2.36. The summed E-state index contributed by atoms with van der Waals surface area (Å²) in [6, 6.07) is 3.19. The van der Waals surface area contributed by atoms with E-state index in [2.05, 4.69) is 10.2 Å². The molecule has 0 aliphatic carbocycles. The molecular formula is C15H13IN2O7S. The van der Waals surface area contributed by atoms with E-state index in [9.17, 15) is 14.7 Å². The van der Waals surface area contributed by atoms with Gasteiger partial charge in [0.2, 0.25) is 5.89 Å². The second kappa shape index (κ2) is 8.89. The Morgan fingerprint density at radius 3 is 2.62 bits per heavy atom. The Labute approximate surface area is 165 Å². The SMILES string of the molecule is COc1cc(/C=C(\Sc2nnc(C)o2)C(=O)O)cc(I)c1OCC(=O)O. The molecule has 0 saturated heterocycles. The first-order chi connectivity index (χ1) is 12.3. The van der Waals surface area contributed by atoms with Crippen molar-refractivity contribution in [3.63, 3.8) is 0 Å². The fraction of sp³-hybridized carbons (Fsp3) is 0.200. The Bertz CT molecular complexity index is 866. The monoisotopic (exact) mass is 492 g/mol. The highest BCUT2D eigenvalue weighted by atomic mass is 127. The maximum atomic E-state index is 11.5. The molecule has 0 amide bonds. The van der Waals surface area contributed by atoms with Crippen molar-refractivity contribution in [2.45, 2.75) is 12.1 Å². The summed E-state index contributed by atoms with van der Waals surface area (Å²) in [6.07, 6.45) is 1.41. The quantitative estimate of drug-likeness (QED) is 0.322. The zero-order valence-corrected chi connectivity index (χ0v) is 16.5. The number of methoxy groups -OCH3 is 1. The summed E-state index contributed by atoms with van der Waals surface area (Å²) >= 11 is 2.77. The topological polar surface area (TPSA) is 132 Å². The molecule has 2 N–H and O–H groups in total. The fourth-order valence-electron chi connectivity index (χ4n) is 1.80. The molecule has 26 heavy (non-hydrogen) atoms. The van der Waals surface area contributed by atoms with Crippen LogP contribution in [-0.2, 0) is 9.59 Å². The molecule has 0 atom stereocenters. The normalized spacial score (nSPS) is 11.3. The number of nitrogens with zero attached hydrogens (tertiary/aromatic N) is 2. The number of ether oxygens (including phenoxy) is 2. The van der Waals surface area contributed by atoms with Gasteiger partial charge in [0.05, 0.1) is 10.7 Å². The van der Waals surface area contributed by atoms with Gasteiger partial charge in [-0.1, -0.05) is 0 Å². The van der Waals surface area contributed by atoms with Crippen LogP contribution in [0.1, 0.15) is 11.5 Å². The van der Waals surface area contributed by atoms with Crippen LogP contribution in [-0.4, -0.2) is 46.1 Å². The van der Waals surface area contributed by atoms with Gasteiger partial charge in [0.15, 0.2) is 18.1 Å². The van der Waals surface area contributed by atoms with Crippen LogP contribution >= 0.6 is 34.4 Å². The number of aromatic nitrogens is 2. The molecule has 0 aliphatic rings. The lowest BCUT2D eigenvalue weighted by Crippen LogP contribution is -2.11. The summed E-state index contributed by atoms with van der Waals surface area (Å²) in [5, 5.41) is 25.7. The number of benzene rings is 1. The fourth-order valence-corrected chi connectivity index (χ4v) is 3.29. The van der Waals surface area contributed by atoms with Crippen molar-refractivity contribution < 1.29 is 33.7 Å². The van der Waals surface area contributed by atoms with Crippen LogP contribution in [0.15, 0.2) is 26.7 Å². The zero-order chi connectivity index (χ0) is 19.3. The molecule has 0 spiro atoms. The molecule has 0 fully saturated rings. The molecule has 0 radical (unpaired) electrons. The van der Waals surface area contributed by atoms with Crippen LogP contribution in [0.25, 0.3) is 6.08 Å². The molecule has 0 aliphatic heterocycles. The Balaban J connectivity index is 2.35. The minimum atomic E-state index is -1.16. The minimum absolute atomic E-state index is 0.0364. The van der Waals surface area contributed by atoms with Crippen molar-refractivity contribution in [1.29, 1.82) is 0 Å². The summed E-state index contributed by atoms with van der Waals surface area (Å²) in [5.74, 6) is -1.40. The van der Waals surface area contributed by atoms with E-state index in [0.29, 0.717) is 15.0 Å². The highest BCUT2D eigenvalue weighted by molar-refractivity contribution is 14.1. The van der Waals surface area contributed by atoms with Crippen LogP contribution in [0.4, 0.5) is 0 Å². The predicted octanol–water partition coefficient (Wildman–Crippen LogP) is 2.67. The summed E-state index contributed by atoms with van der Waals surface area (Å²) in [4.78, 5) is 22.1. The van der Waals surface area contributed by atoms with Crippen molar-refractivity contribution in [3.8, 4) is 11.5 Å². The molecule has 138 valence electrons. The molecule has 1 aromatic heterocycles. The molecule has 0 saturated carbocycles. The maximum Gasteiger partial charge on any atom is 0.342 e. The first-order valence-electron chi connectivity index (χ1n) is 6.95. The van der Waals surface area contributed by atoms with E-state index in [-0.39, 0.29) is 21.6 Å². The first kappa shape index (κ1) is 20.0. The summed E-state index contributed by atoms with van der Waals surface area (Å²) in [7, 11) is 1.40. The molecule has 1 aromatic carbocycles. The highest BCUT2D eigenvalue weighted by Gasteiger charge is 2.17. The van der Waals surface area contributed by atoms with Gasteiger partial charge in [-0.05, 0) is 58.1 Å². The molecule has 9 nitrogen and oxygen atoms in total. The van der Waals surface area contributed by atoms with Gasteiger partial charge in [-0.15, -0.1) is 10.2 Å².